The van der Waals surface area contributed by atoms with E-state index in [1.165, 1.54) is 19.3 Å². The molecule has 7 nitrogen and oxygen atoms in total. The molecule has 160 valence electrons. The fourth-order valence-electron chi connectivity index (χ4n) is 4.76. The quantitative estimate of drug-likeness (QED) is 0.708. The van der Waals surface area contributed by atoms with Crippen molar-refractivity contribution < 1.29 is 4.74 Å². The van der Waals surface area contributed by atoms with E-state index in [1.807, 2.05) is 0 Å². The van der Waals surface area contributed by atoms with Gasteiger partial charge in [-0.2, -0.15) is 9.97 Å². The van der Waals surface area contributed by atoms with Crippen molar-refractivity contribution in [3.63, 3.8) is 0 Å². The molecule has 0 spiro atoms. The molecular formula is C21H34N6OS. The van der Waals surface area contributed by atoms with Crippen LogP contribution < -0.4 is 20.4 Å². The minimum atomic E-state index is 0.249. The standard InChI is InChI=1S/C21H34N6OS/c1-15-10-16(2)14-27(13-15)19-11-18(26-7-3-4-8-26)23-20(24-19)25-21(29)22-12-17-6-5-9-28-17/h11,15-17H,3-10,12-14H2,1-2H3,(H2,22,23,24,25,29)/t15-,16+,17-/m0/s1. The molecule has 8 heteroatoms. The predicted octanol–water partition coefficient (Wildman–Crippen LogP) is 3.02. The molecule has 1 aromatic rings. The molecule has 3 atom stereocenters. The molecule has 1 aromatic heterocycles. The van der Waals surface area contributed by atoms with Crippen molar-refractivity contribution in [1.29, 1.82) is 0 Å². The third-order valence-corrected chi connectivity index (χ3v) is 6.31. The van der Waals surface area contributed by atoms with E-state index in [0.29, 0.717) is 22.9 Å². The third kappa shape index (κ3) is 5.48. The number of hydrogen-bond acceptors (Lipinski definition) is 6. The van der Waals surface area contributed by atoms with Crippen LogP contribution in [0.1, 0.15) is 46.0 Å². The number of thiocarbonyl (C=S) groups is 1. The summed E-state index contributed by atoms with van der Waals surface area (Å²) in [6.07, 6.45) is 6.19. The maximum absolute atomic E-state index is 5.66. The van der Waals surface area contributed by atoms with Crippen molar-refractivity contribution in [1.82, 2.24) is 15.3 Å². The van der Waals surface area contributed by atoms with E-state index in [-0.39, 0.29) is 6.10 Å². The number of hydrogen-bond donors (Lipinski definition) is 2. The molecule has 0 bridgehead atoms. The highest BCUT2D eigenvalue weighted by atomic mass is 32.1. The lowest BCUT2D eigenvalue weighted by Gasteiger charge is -2.36. The van der Waals surface area contributed by atoms with Crippen LogP contribution in [0.5, 0.6) is 0 Å². The van der Waals surface area contributed by atoms with Gasteiger partial charge >= 0.3 is 0 Å². The number of ether oxygens (including phenoxy) is 1. The Balaban J connectivity index is 1.48. The monoisotopic (exact) mass is 418 g/mol. The second kappa shape index (κ2) is 9.43. The van der Waals surface area contributed by atoms with Crippen LogP contribution in [-0.4, -0.2) is 60.5 Å². The predicted molar refractivity (Wildman–Crippen MR) is 122 cm³/mol. The molecule has 0 saturated carbocycles. The molecule has 0 amide bonds. The van der Waals surface area contributed by atoms with Gasteiger partial charge in [-0.15, -0.1) is 0 Å². The molecule has 3 saturated heterocycles. The number of nitrogens with zero attached hydrogens (tertiary/aromatic N) is 4. The topological polar surface area (TPSA) is 65.5 Å². The first kappa shape index (κ1) is 20.6. The number of rotatable bonds is 5. The number of aromatic nitrogens is 2. The highest BCUT2D eigenvalue weighted by molar-refractivity contribution is 7.80. The number of piperidine rings is 1. The molecule has 29 heavy (non-hydrogen) atoms. The van der Waals surface area contributed by atoms with E-state index in [2.05, 4.69) is 40.3 Å². The minimum absolute atomic E-state index is 0.249. The van der Waals surface area contributed by atoms with Crippen LogP contribution in [0.4, 0.5) is 17.6 Å². The Morgan fingerprint density at radius 1 is 1.10 bits per heavy atom. The van der Waals surface area contributed by atoms with Crippen molar-refractivity contribution in [3.8, 4) is 0 Å². The van der Waals surface area contributed by atoms with Gasteiger partial charge in [0.25, 0.3) is 0 Å². The summed E-state index contributed by atoms with van der Waals surface area (Å²) in [5, 5.41) is 7.04. The van der Waals surface area contributed by atoms with Crippen LogP contribution >= 0.6 is 12.2 Å². The van der Waals surface area contributed by atoms with Gasteiger partial charge in [0.2, 0.25) is 5.95 Å². The summed E-state index contributed by atoms with van der Waals surface area (Å²) in [5.41, 5.74) is 0. The molecule has 2 N–H and O–H groups in total. The second-order valence-electron chi connectivity index (χ2n) is 8.92. The largest absolute Gasteiger partial charge is 0.376 e. The average Bonchev–Trinajstić information content (AvgIpc) is 3.39. The van der Waals surface area contributed by atoms with Gasteiger partial charge < -0.3 is 25.2 Å². The highest BCUT2D eigenvalue weighted by Gasteiger charge is 2.25. The zero-order chi connectivity index (χ0) is 20.2. The maximum atomic E-state index is 5.66. The molecule has 3 aliphatic heterocycles. The summed E-state index contributed by atoms with van der Waals surface area (Å²) in [4.78, 5) is 14.4. The van der Waals surface area contributed by atoms with Gasteiger partial charge in [-0.25, -0.2) is 0 Å². The Morgan fingerprint density at radius 3 is 2.45 bits per heavy atom. The Hall–Kier alpha value is -1.67. The fraction of sp³-hybridized carbons (Fsp3) is 0.762. The summed E-state index contributed by atoms with van der Waals surface area (Å²) in [5.74, 6) is 3.94. The molecule has 3 fully saturated rings. The SMILES string of the molecule is C[C@@H]1C[C@H](C)CN(c2cc(N3CCCC3)nc(NC(=S)NC[C@@H]3CCCO3)n2)C1. The van der Waals surface area contributed by atoms with Gasteiger partial charge in [-0.05, 0) is 56.2 Å². The van der Waals surface area contributed by atoms with E-state index < -0.39 is 0 Å². The van der Waals surface area contributed by atoms with Crippen molar-refractivity contribution in [2.45, 2.75) is 52.1 Å². The molecule has 0 radical (unpaired) electrons. The smallest absolute Gasteiger partial charge is 0.232 e. The van der Waals surface area contributed by atoms with Crippen molar-refractivity contribution in [2.75, 3.05) is 54.4 Å². The first-order chi connectivity index (χ1) is 14.1. The molecule has 3 aliphatic rings. The summed E-state index contributed by atoms with van der Waals surface area (Å²) in [6.45, 7) is 10.4. The van der Waals surface area contributed by atoms with E-state index in [9.17, 15) is 0 Å². The zero-order valence-electron chi connectivity index (χ0n) is 17.7. The Labute approximate surface area is 179 Å². The lowest BCUT2D eigenvalue weighted by molar-refractivity contribution is 0.114. The van der Waals surface area contributed by atoms with E-state index in [1.54, 1.807) is 0 Å². The van der Waals surface area contributed by atoms with E-state index in [0.717, 1.165) is 63.8 Å². The van der Waals surface area contributed by atoms with Gasteiger partial charge in [0.1, 0.15) is 11.6 Å². The highest BCUT2D eigenvalue weighted by Crippen LogP contribution is 2.29. The van der Waals surface area contributed by atoms with Crippen LogP contribution in [-0.2, 0) is 4.74 Å². The molecule has 0 aliphatic carbocycles. The third-order valence-electron chi connectivity index (χ3n) is 6.06. The lowest BCUT2D eigenvalue weighted by atomic mass is 9.92. The second-order valence-corrected chi connectivity index (χ2v) is 9.33. The fourth-order valence-corrected chi connectivity index (χ4v) is 4.93. The lowest BCUT2D eigenvalue weighted by Crippen LogP contribution is -2.40. The van der Waals surface area contributed by atoms with Crippen LogP contribution in [0.3, 0.4) is 0 Å². The molecule has 0 aromatic carbocycles. The normalized spacial score (nSPS) is 27.3. The van der Waals surface area contributed by atoms with Gasteiger partial charge in [0.05, 0.1) is 6.10 Å². The van der Waals surface area contributed by atoms with Crippen molar-refractivity contribution in [2.24, 2.45) is 11.8 Å². The van der Waals surface area contributed by atoms with Crippen molar-refractivity contribution >= 4 is 34.9 Å². The number of anilines is 3. The van der Waals surface area contributed by atoms with Crippen LogP contribution in [0.2, 0.25) is 0 Å². The van der Waals surface area contributed by atoms with Gasteiger partial charge in [0.15, 0.2) is 5.11 Å². The zero-order valence-corrected chi connectivity index (χ0v) is 18.5. The molecule has 4 rings (SSSR count). The Bertz CT molecular complexity index is 694. The van der Waals surface area contributed by atoms with E-state index in [4.69, 9.17) is 26.9 Å². The summed E-state index contributed by atoms with van der Waals surface area (Å²) >= 11 is 5.50. The molecule has 4 heterocycles. The van der Waals surface area contributed by atoms with Gasteiger partial charge in [-0.1, -0.05) is 13.8 Å². The number of nitrogens with one attached hydrogen (secondary N) is 2. The van der Waals surface area contributed by atoms with Crippen molar-refractivity contribution in [3.05, 3.63) is 6.07 Å². The summed E-state index contributed by atoms with van der Waals surface area (Å²) in [6, 6.07) is 2.16. The van der Waals surface area contributed by atoms with Crippen LogP contribution in [0.15, 0.2) is 6.07 Å². The maximum Gasteiger partial charge on any atom is 0.232 e. The van der Waals surface area contributed by atoms with Gasteiger partial charge in [0, 0.05) is 45.4 Å². The van der Waals surface area contributed by atoms with Crippen LogP contribution in [0.25, 0.3) is 0 Å². The Morgan fingerprint density at radius 2 is 1.79 bits per heavy atom. The first-order valence-corrected chi connectivity index (χ1v) is 11.5. The average molecular weight is 419 g/mol. The van der Waals surface area contributed by atoms with Crippen LogP contribution in [0, 0.1) is 11.8 Å². The summed E-state index contributed by atoms with van der Waals surface area (Å²) in [7, 11) is 0. The molecule has 0 unspecified atom stereocenters. The van der Waals surface area contributed by atoms with E-state index >= 15 is 0 Å². The van der Waals surface area contributed by atoms with Gasteiger partial charge in [-0.3, -0.25) is 0 Å². The summed E-state index contributed by atoms with van der Waals surface area (Å²) < 4.78 is 5.66. The first-order valence-electron chi connectivity index (χ1n) is 11.1. The minimum Gasteiger partial charge on any atom is -0.376 e. The Kier molecular flexibility index (Phi) is 6.70. The molecular weight excluding hydrogens is 384 g/mol.